The lowest BCUT2D eigenvalue weighted by Crippen LogP contribution is -2.41. The number of nitrogens with one attached hydrogen (secondary N) is 1. The van der Waals surface area contributed by atoms with Crippen molar-refractivity contribution in [1.29, 1.82) is 0 Å². The first kappa shape index (κ1) is 59.8. The number of esters is 1. The third-order valence-electron chi connectivity index (χ3n) is 9.94. The lowest BCUT2D eigenvalue weighted by Gasteiger charge is -2.24. The summed E-state index contributed by atoms with van der Waals surface area (Å²) in [6.45, 7) is 14.2. The molecule has 19 nitrogen and oxygen atoms in total. The van der Waals surface area contributed by atoms with E-state index in [2.05, 4.69) is 16.8 Å². The van der Waals surface area contributed by atoms with Crippen LogP contribution in [-0.2, 0) is 70.0 Å². The van der Waals surface area contributed by atoms with E-state index in [0.717, 1.165) is 49.4 Å². The summed E-state index contributed by atoms with van der Waals surface area (Å²) >= 11 is 0. The zero-order valence-electron chi connectivity index (χ0n) is 39.6. The Balaban J connectivity index is 1.74. The van der Waals surface area contributed by atoms with Gasteiger partial charge in [-0.25, -0.2) is 4.79 Å². The Bertz CT molecular complexity index is 1540. The van der Waals surface area contributed by atoms with Gasteiger partial charge in [0.15, 0.2) is 0 Å². The number of methoxy groups -OCH3 is 1. The maximum Gasteiger partial charge on any atom is 0.488 e. The molecule has 5 N–H and O–H groups in total. The van der Waals surface area contributed by atoms with Crippen LogP contribution in [0.5, 0.6) is 0 Å². The third-order valence-corrected chi connectivity index (χ3v) is 9.94. The van der Waals surface area contributed by atoms with Crippen LogP contribution in [0.1, 0.15) is 36.8 Å². The summed E-state index contributed by atoms with van der Waals surface area (Å²) < 4.78 is 54.0. The molecule has 378 valence electrons. The highest BCUT2D eigenvalue weighted by molar-refractivity contribution is 6.59. The number of hydrogen-bond acceptors (Lipinski definition) is 18. The quantitative estimate of drug-likeness (QED) is 0.0245. The number of rotatable bonds is 46. The van der Waals surface area contributed by atoms with E-state index in [1.807, 2.05) is 29.2 Å². The number of carbonyl (C=O) groups is 2. The summed E-state index contributed by atoms with van der Waals surface area (Å²) in [5, 5.41) is 42.9. The predicted octanol–water partition coefficient (Wildman–Crippen LogP) is -0.465. The minimum atomic E-state index is -1.63. The number of amides is 1. The molecule has 0 unspecified atom stereocenters. The Hall–Kier alpha value is -3.35. The van der Waals surface area contributed by atoms with Crippen molar-refractivity contribution in [3.63, 3.8) is 0 Å². The van der Waals surface area contributed by atoms with Gasteiger partial charge in [-0.2, -0.15) is 0 Å². The highest BCUT2D eigenvalue weighted by Gasteiger charge is 2.20. The van der Waals surface area contributed by atoms with Gasteiger partial charge in [0.1, 0.15) is 6.61 Å². The smallest absolute Gasteiger partial charge is 0.460 e. The average molecular weight is 950 g/mol. The molecule has 1 amide bonds. The molecule has 0 spiro atoms. The molecule has 0 aliphatic heterocycles. The second-order valence-corrected chi connectivity index (χ2v) is 15.2. The van der Waals surface area contributed by atoms with Gasteiger partial charge in [0.25, 0.3) is 0 Å². The number of benzene rings is 2. The first-order valence-corrected chi connectivity index (χ1v) is 23.2. The van der Waals surface area contributed by atoms with Crippen molar-refractivity contribution in [2.45, 2.75) is 38.8 Å². The van der Waals surface area contributed by atoms with Gasteiger partial charge in [0, 0.05) is 39.4 Å². The fourth-order valence-corrected chi connectivity index (χ4v) is 6.49. The van der Waals surface area contributed by atoms with Crippen LogP contribution in [0.2, 0.25) is 0 Å². The van der Waals surface area contributed by atoms with Crippen LogP contribution in [0, 0.1) is 0 Å². The lowest BCUT2D eigenvalue weighted by atomic mass is 9.77. The molecule has 0 heterocycles. The summed E-state index contributed by atoms with van der Waals surface area (Å²) in [5.74, 6) is -0.638. The Kier molecular flexibility index (Phi) is 37.1. The lowest BCUT2D eigenvalue weighted by molar-refractivity contribution is -0.139. The number of carbonyl (C=O) groups excluding carboxylic acids is 2. The molecule has 2 aromatic carbocycles. The van der Waals surface area contributed by atoms with E-state index in [1.54, 1.807) is 31.4 Å². The summed E-state index contributed by atoms with van der Waals surface area (Å²) in [6.07, 6.45) is 4.66. The molecule has 0 aliphatic rings. The van der Waals surface area contributed by atoms with Crippen LogP contribution in [-0.4, -0.2) is 215 Å². The molecular formula is C46H77B2N3O16. The van der Waals surface area contributed by atoms with Crippen LogP contribution < -0.4 is 16.2 Å². The minimum absolute atomic E-state index is 0.133. The van der Waals surface area contributed by atoms with Gasteiger partial charge < -0.3 is 72.8 Å². The molecule has 0 radical (unpaired) electrons. The molecule has 67 heavy (non-hydrogen) atoms. The maximum atomic E-state index is 13.1. The van der Waals surface area contributed by atoms with Crippen molar-refractivity contribution in [2.75, 3.05) is 159 Å². The molecule has 0 fully saturated rings. The molecule has 0 aromatic heterocycles. The Labute approximate surface area is 398 Å². The van der Waals surface area contributed by atoms with Crippen LogP contribution in [0.3, 0.4) is 0 Å². The van der Waals surface area contributed by atoms with E-state index < -0.39 is 20.2 Å². The number of nitrogens with zero attached hydrogens (tertiary/aromatic N) is 2. The Morgan fingerprint density at radius 3 is 1.40 bits per heavy atom. The molecule has 0 saturated heterocycles. The molecule has 21 heteroatoms. The van der Waals surface area contributed by atoms with Crippen molar-refractivity contribution in [3.8, 4) is 0 Å². The highest BCUT2D eigenvalue weighted by atomic mass is 16.6. The summed E-state index contributed by atoms with van der Waals surface area (Å²) in [6, 6.07) is 14.4. The van der Waals surface area contributed by atoms with Crippen LogP contribution in [0.25, 0.3) is 0 Å². The van der Waals surface area contributed by atoms with Crippen molar-refractivity contribution >= 4 is 37.0 Å². The minimum Gasteiger partial charge on any atom is -0.460 e. The normalized spacial score (nSPS) is 11.4. The molecular weight excluding hydrogens is 872 g/mol. The van der Waals surface area contributed by atoms with Gasteiger partial charge in [-0.1, -0.05) is 68.0 Å². The number of unbranched alkanes of at least 4 members (excludes halogenated alkanes) is 3. The van der Waals surface area contributed by atoms with Gasteiger partial charge >= 0.3 is 20.2 Å². The number of hydrogen-bond donors (Lipinski definition) is 5. The Morgan fingerprint density at radius 2 is 0.940 bits per heavy atom. The average Bonchev–Trinajstić information content (AvgIpc) is 3.32. The van der Waals surface area contributed by atoms with Crippen molar-refractivity contribution in [3.05, 3.63) is 72.3 Å². The van der Waals surface area contributed by atoms with Gasteiger partial charge in [-0.15, -0.1) is 0 Å². The largest absolute Gasteiger partial charge is 0.488 e. The predicted molar refractivity (Wildman–Crippen MR) is 254 cm³/mol. The highest BCUT2D eigenvalue weighted by Crippen LogP contribution is 2.10. The van der Waals surface area contributed by atoms with Crippen molar-refractivity contribution < 1.29 is 77.1 Å². The standard InChI is InChI=1S/C46H77B2N3O16/c1-3-46(53)67-37-36-66-35-34-65-33-31-63-27-25-60-21-19-50(38-41-12-6-8-14-43(41)47(54)55)17-10-4-5-11-18-51(39-42-13-7-9-15-44(42)48(56)57)40-45(52)49-16-20-59-24-26-62-30-32-64-29-28-61-23-22-58-2/h3,6-9,12-15,54-57H,1,4-5,10-11,16-40H2,2H3,(H,49,52). The molecule has 0 bridgehead atoms. The SMILES string of the molecule is C=CC(=O)OCCOCCOCCOCCOCCN(CCCCCCN(CC(=O)NCCOCCOCCOCCOCCOC)Cc1ccccc1B(O)O)Cc1ccccc1B(O)O. The maximum absolute atomic E-state index is 13.1. The third kappa shape index (κ3) is 32.2. The zero-order valence-corrected chi connectivity index (χ0v) is 39.6. The van der Waals surface area contributed by atoms with Crippen LogP contribution in [0.15, 0.2) is 61.2 Å². The number of ether oxygens (including phenoxy) is 10. The van der Waals surface area contributed by atoms with Gasteiger partial charge in [-0.3, -0.25) is 14.6 Å². The first-order valence-electron chi connectivity index (χ1n) is 23.2. The fourth-order valence-electron chi connectivity index (χ4n) is 6.49. The topological polar surface area (TPSA) is 226 Å². The molecule has 0 aliphatic carbocycles. The first-order chi connectivity index (χ1) is 32.7. The molecule has 2 rings (SSSR count). The molecule has 2 aromatic rings. The second kappa shape index (κ2) is 41.6. The van der Waals surface area contributed by atoms with E-state index in [9.17, 15) is 29.7 Å². The van der Waals surface area contributed by atoms with E-state index in [4.69, 9.17) is 47.4 Å². The summed E-state index contributed by atoms with van der Waals surface area (Å²) in [7, 11) is -1.57. The van der Waals surface area contributed by atoms with Crippen LogP contribution in [0.4, 0.5) is 0 Å². The van der Waals surface area contributed by atoms with E-state index in [-0.39, 0.29) is 25.7 Å². The van der Waals surface area contributed by atoms with Crippen LogP contribution >= 0.6 is 0 Å². The van der Waals surface area contributed by atoms with Crippen molar-refractivity contribution in [2.24, 2.45) is 0 Å². The Morgan fingerprint density at radius 1 is 0.537 bits per heavy atom. The van der Waals surface area contributed by atoms with Gasteiger partial charge in [0.05, 0.1) is 119 Å². The second-order valence-electron chi connectivity index (χ2n) is 15.2. The zero-order chi connectivity index (χ0) is 48.4. The monoisotopic (exact) mass is 950 g/mol. The summed E-state index contributed by atoms with van der Waals surface area (Å²) in [5.41, 5.74) is 2.44. The molecule has 0 saturated carbocycles. The van der Waals surface area contributed by atoms with Gasteiger partial charge in [-0.05, 0) is 48.0 Å². The molecule has 0 atom stereocenters. The van der Waals surface area contributed by atoms with E-state index in [0.29, 0.717) is 149 Å². The van der Waals surface area contributed by atoms with E-state index in [1.165, 1.54) is 0 Å². The fraction of sp³-hybridized carbons (Fsp3) is 0.652. The van der Waals surface area contributed by atoms with Gasteiger partial charge in [0.2, 0.25) is 5.91 Å². The van der Waals surface area contributed by atoms with E-state index >= 15 is 0 Å². The van der Waals surface area contributed by atoms with Crippen molar-refractivity contribution in [1.82, 2.24) is 15.1 Å². The summed E-state index contributed by atoms with van der Waals surface area (Å²) in [4.78, 5) is 28.3.